The number of pyridine rings is 1. The molecule has 0 spiro atoms. The second-order valence-electron chi connectivity index (χ2n) is 6.82. The monoisotopic (exact) mass is 337 g/mol. The number of β-amino-alcohol motifs (C(OH)–C–C–N with tert-alkyl or cyclic N) is 1. The summed E-state index contributed by atoms with van der Waals surface area (Å²) in [5, 5.41) is 10.2. The molecule has 0 unspecified atom stereocenters. The summed E-state index contributed by atoms with van der Waals surface area (Å²) in [6.45, 7) is 3.46. The van der Waals surface area contributed by atoms with E-state index in [-0.39, 0.29) is 12.1 Å². The third-order valence-corrected chi connectivity index (χ3v) is 4.87. The van der Waals surface area contributed by atoms with Crippen molar-refractivity contribution in [1.82, 2.24) is 14.3 Å². The van der Waals surface area contributed by atoms with Crippen LogP contribution in [0.1, 0.15) is 29.3 Å². The highest BCUT2D eigenvalue weighted by Gasteiger charge is 2.32. The molecule has 1 N–H and O–H groups in total. The van der Waals surface area contributed by atoms with E-state index in [1.807, 2.05) is 18.2 Å². The van der Waals surface area contributed by atoms with Gasteiger partial charge in [0.05, 0.1) is 18.9 Å². The molecule has 1 saturated heterocycles. The Bertz CT molecular complexity index is 890. The standard InChI is InChI=1S/C20H23N3O2/c1-14-6-7-20-21-16(12-23(20)10-14)11-22-13-17(24)9-19(22)15-4-3-5-18(8-15)25-2/h3-8,10,12,17,19,24H,9,11,13H2,1-2H3/t17-,19-/m0/s1. The smallest absolute Gasteiger partial charge is 0.137 e. The summed E-state index contributed by atoms with van der Waals surface area (Å²) in [4.78, 5) is 7.02. The van der Waals surface area contributed by atoms with E-state index < -0.39 is 0 Å². The maximum Gasteiger partial charge on any atom is 0.137 e. The van der Waals surface area contributed by atoms with Crippen LogP contribution in [0.2, 0.25) is 0 Å². The van der Waals surface area contributed by atoms with Crippen LogP contribution in [0.4, 0.5) is 0 Å². The van der Waals surface area contributed by atoms with Gasteiger partial charge < -0.3 is 14.2 Å². The number of fused-ring (bicyclic) bond motifs is 1. The summed E-state index contributed by atoms with van der Waals surface area (Å²) in [6.07, 6.45) is 4.59. The molecule has 130 valence electrons. The zero-order chi connectivity index (χ0) is 17.4. The molecule has 5 heteroatoms. The summed E-state index contributed by atoms with van der Waals surface area (Å²) in [7, 11) is 1.68. The molecule has 1 aromatic carbocycles. The van der Waals surface area contributed by atoms with E-state index in [2.05, 4.69) is 46.8 Å². The normalized spacial score (nSPS) is 21.1. The van der Waals surface area contributed by atoms with E-state index in [1.165, 1.54) is 11.1 Å². The molecule has 25 heavy (non-hydrogen) atoms. The van der Waals surface area contributed by atoms with Crippen LogP contribution in [0.5, 0.6) is 5.75 Å². The zero-order valence-corrected chi connectivity index (χ0v) is 14.6. The molecule has 0 bridgehead atoms. The Morgan fingerprint density at radius 2 is 2.12 bits per heavy atom. The number of aliphatic hydroxyl groups is 1. The topological polar surface area (TPSA) is 50.0 Å². The molecule has 0 amide bonds. The molecule has 3 heterocycles. The van der Waals surface area contributed by atoms with Crippen LogP contribution >= 0.6 is 0 Å². The maximum atomic E-state index is 10.2. The van der Waals surface area contributed by atoms with Crippen molar-refractivity contribution in [2.45, 2.75) is 32.0 Å². The van der Waals surface area contributed by atoms with Gasteiger partial charge in [-0.25, -0.2) is 4.98 Å². The molecule has 1 fully saturated rings. The van der Waals surface area contributed by atoms with Gasteiger partial charge in [0.25, 0.3) is 0 Å². The highest BCUT2D eigenvalue weighted by molar-refractivity contribution is 5.41. The second kappa shape index (κ2) is 6.50. The molecule has 0 radical (unpaired) electrons. The van der Waals surface area contributed by atoms with Gasteiger partial charge in [0.1, 0.15) is 11.4 Å². The van der Waals surface area contributed by atoms with Crippen LogP contribution in [0.25, 0.3) is 5.65 Å². The van der Waals surface area contributed by atoms with Gasteiger partial charge in [-0.15, -0.1) is 0 Å². The number of imidazole rings is 1. The highest BCUT2D eigenvalue weighted by atomic mass is 16.5. The van der Waals surface area contributed by atoms with E-state index in [9.17, 15) is 5.11 Å². The Morgan fingerprint density at radius 1 is 1.24 bits per heavy atom. The number of aliphatic hydroxyl groups excluding tert-OH is 1. The summed E-state index contributed by atoms with van der Waals surface area (Å²) < 4.78 is 7.42. The largest absolute Gasteiger partial charge is 0.497 e. The van der Waals surface area contributed by atoms with Crippen LogP contribution in [-0.2, 0) is 6.54 Å². The lowest BCUT2D eigenvalue weighted by molar-refractivity contribution is 0.172. The van der Waals surface area contributed by atoms with E-state index in [1.54, 1.807) is 7.11 Å². The van der Waals surface area contributed by atoms with Crippen molar-refractivity contribution in [2.75, 3.05) is 13.7 Å². The quantitative estimate of drug-likeness (QED) is 0.795. The van der Waals surface area contributed by atoms with Gasteiger partial charge in [0.2, 0.25) is 0 Å². The van der Waals surface area contributed by atoms with E-state index >= 15 is 0 Å². The van der Waals surface area contributed by atoms with Crippen molar-refractivity contribution in [3.63, 3.8) is 0 Å². The zero-order valence-electron chi connectivity index (χ0n) is 14.6. The Morgan fingerprint density at radius 3 is 2.96 bits per heavy atom. The van der Waals surface area contributed by atoms with Crippen molar-refractivity contribution >= 4 is 5.65 Å². The SMILES string of the molecule is COc1cccc([C@@H]2C[C@H](O)CN2Cc2cn3cc(C)ccc3n2)c1. The third-order valence-electron chi connectivity index (χ3n) is 4.87. The maximum absolute atomic E-state index is 10.2. The van der Waals surface area contributed by atoms with Gasteiger partial charge >= 0.3 is 0 Å². The number of rotatable bonds is 4. The fourth-order valence-corrected chi connectivity index (χ4v) is 3.69. The Kier molecular flexibility index (Phi) is 4.19. The second-order valence-corrected chi connectivity index (χ2v) is 6.82. The first-order valence-electron chi connectivity index (χ1n) is 8.62. The number of hydrogen-bond acceptors (Lipinski definition) is 4. The lowest BCUT2D eigenvalue weighted by Crippen LogP contribution is -2.24. The van der Waals surface area contributed by atoms with Crippen molar-refractivity contribution in [3.8, 4) is 5.75 Å². The number of likely N-dealkylation sites (tertiary alicyclic amines) is 1. The average molecular weight is 337 g/mol. The fraction of sp³-hybridized carbons (Fsp3) is 0.350. The number of aromatic nitrogens is 2. The lowest BCUT2D eigenvalue weighted by Gasteiger charge is -2.23. The first kappa shape index (κ1) is 16.1. The summed E-state index contributed by atoms with van der Waals surface area (Å²) in [5.74, 6) is 0.849. The first-order chi connectivity index (χ1) is 12.1. The molecule has 1 aliphatic heterocycles. The minimum atomic E-state index is -0.310. The molecular formula is C20H23N3O2. The Labute approximate surface area is 147 Å². The molecular weight excluding hydrogens is 314 g/mol. The highest BCUT2D eigenvalue weighted by Crippen LogP contribution is 2.34. The van der Waals surface area contributed by atoms with Gasteiger partial charge in [0.15, 0.2) is 0 Å². The predicted molar refractivity (Wildman–Crippen MR) is 96.7 cm³/mol. The lowest BCUT2D eigenvalue weighted by atomic mass is 10.0. The molecule has 5 nitrogen and oxygen atoms in total. The van der Waals surface area contributed by atoms with Crippen molar-refractivity contribution in [1.29, 1.82) is 0 Å². The van der Waals surface area contributed by atoms with E-state index in [4.69, 9.17) is 9.72 Å². The van der Waals surface area contributed by atoms with Crippen LogP contribution in [0.15, 0.2) is 48.8 Å². The van der Waals surface area contributed by atoms with E-state index in [0.29, 0.717) is 6.54 Å². The van der Waals surface area contributed by atoms with Gasteiger partial charge in [-0.05, 0) is 42.7 Å². The van der Waals surface area contributed by atoms with Crippen molar-refractivity contribution in [3.05, 3.63) is 65.6 Å². The van der Waals surface area contributed by atoms with Crippen LogP contribution in [0, 0.1) is 6.92 Å². The van der Waals surface area contributed by atoms with Gasteiger partial charge in [-0.2, -0.15) is 0 Å². The predicted octanol–water partition coefficient (Wildman–Crippen LogP) is 2.96. The molecule has 2 aromatic heterocycles. The number of nitrogens with zero attached hydrogens (tertiary/aromatic N) is 3. The van der Waals surface area contributed by atoms with Crippen LogP contribution in [-0.4, -0.2) is 39.1 Å². The van der Waals surface area contributed by atoms with Gasteiger partial charge in [-0.1, -0.05) is 18.2 Å². The number of methoxy groups -OCH3 is 1. The Hall–Kier alpha value is -2.37. The molecule has 3 aromatic rings. The average Bonchev–Trinajstić information content (AvgIpc) is 3.17. The molecule has 4 rings (SSSR count). The van der Waals surface area contributed by atoms with Crippen molar-refractivity contribution < 1.29 is 9.84 Å². The number of hydrogen-bond donors (Lipinski definition) is 1. The summed E-state index contributed by atoms with van der Waals surface area (Å²) in [6, 6.07) is 12.4. The molecule has 0 aliphatic carbocycles. The minimum absolute atomic E-state index is 0.177. The van der Waals surface area contributed by atoms with Crippen LogP contribution in [0.3, 0.4) is 0 Å². The summed E-state index contributed by atoms with van der Waals surface area (Å²) >= 11 is 0. The molecule has 0 saturated carbocycles. The van der Waals surface area contributed by atoms with Crippen LogP contribution < -0.4 is 4.74 Å². The van der Waals surface area contributed by atoms with Crippen molar-refractivity contribution in [2.24, 2.45) is 0 Å². The Balaban J connectivity index is 1.60. The van der Waals surface area contributed by atoms with E-state index in [0.717, 1.165) is 30.1 Å². The first-order valence-corrected chi connectivity index (χ1v) is 8.62. The third kappa shape index (κ3) is 3.25. The fourth-order valence-electron chi connectivity index (χ4n) is 3.69. The summed E-state index contributed by atoms with van der Waals surface area (Å²) in [5.41, 5.74) is 4.36. The minimum Gasteiger partial charge on any atom is -0.497 e. The van der Waals surface area contributed by atoms with Gasteiger partial charge in [0, 0.05) is 31.5 Å². The van der Waals surface area contributed by atoms with Gasteiger partial charge in [-0.3, -0.25) is 4.90 Å². The molecule has 2 atom stereocenters. The molecule has 1 aliphatic rings. The number of ether oxygens (including phenoxy) is 1. The number of aryl methyl sites for hydroxylation is 1. The number of benzene rings is 1.